The van der Waals surface area contributed by atoms with Crippen LogP contribution in [0.15, 0.2) is 12.2 Å². The number of carbonyl (C=O) groups is 1. The van der Waals surface area contributed by atoms with E-state index in [2.05, 4.69) is 0 Å². The minimum atomic E-state index is -1.85. The van der Waals surface area contributed by atoms with Crippen LogP contribution in [0, 0.1) is 5.41 Å². The smallest absolute Gasteiger partial charge is 0.306 e. The van der Waals surface area contributed by atoms with Gasteiger partial charge in [-0.05, 0) is 18.4 Å². The zero-order valence-corrected chi connectivity index (χ0v) is 14.1. The van der Waals surface area contributed by atoms with E-state index >= 15 is 0 Å². The second-order valence-corrected chi connectivity index (χ2v) is 8.09. The van der Waals surface area contributed by atoms with E-state index in [9.17, 15) is 4.79 Å². The maximum absolute atomic E-state index is 11.4. The van der Waals surface area contributed by atoms with Crippen LogP contribution in [0.1, 0.15) is 27.2 Å². The standard InChI is InChI=1S/C11H15Cl5O2/c1-4-18-8(17)7-9(2,3)5-6-10(12,13)11(14,15)16/h5-6H,4,7H2,1-3H3. The Bertz CT molecular complexity index is 318. The van der Waals surface area contributed by atoms with Crippen LogP contribution in [0.3, 0.4) is 0 Å². The molecule has 0 N–H and O–H groups in total. The Morgan fingerprint density at radius 2 is 1.61 bits per heavy atom. The fourth-order valence-corrected chi connectivity index (χ4v) is 1.38. The van der Waals surface area contributed by atoms with E-state index in [0.717, 1.165) is 0 Å². The Hall–Kier alpha value is 0.660. The van der Waals surface area contributed by atoms with Crippen molar-refractivity contribution in [3.8, 4) is 0 Å². The molecule has 0 saturated heterocycles. The third kappa shape index (κ3) is 6.72. The molecule has 0 bridgehead atoms. The number of ether oxygens (including phenoxy) is 1. The van der Waals surface area contributed by atoms with Gasteiger partial charge in [0.15, 0.2) is 4.33 Å². The van der Waals surface area contributed by atoms with Crippen LogP contribution in [0.5, 0.6) is 0 Å². The molecular weight excluding hydrogens is 341 g/mol. The monoisotopic (exact) mass is 354 g/mol. The van der Waals surface area contributed by atoms with E-state index in [4.69, 9.17) is 62.7 Å². The van der Waals surface area contributed by atoms with Gasteiger partial charge in [-0.1, -0.05) is 77.9 Å². The number of halogens is 5. The molecular formula is C11H15Cl5O2. The Labute approximate surface area is 132 Å². The quantitative estimate of drug-likeness (QED) is 0.391. The number of esters is 1. The number of carbonyl (C=O) groups excluding carboxylic acids is 1. The van der Waals surface area contributed by atoms with Crippen molar-refractivity contribution in [2.24, 2.45) is 5.41 Å². The molecule has 0 aromatic heterocycles. The minimum Gasteiger partial charge on any atom is -0.466 e. The third-order valence-electron chi connectivity index (χ3n) is 2.03. The molecule has 7 heteroatoms. The normalized spacial score (nSPS) is 14.0. The van der Waals surface area contributed by atoms with Crippen LogP contribution in [0.4, 0.5) is 0 Å². The molecule has 0 spiro atoms. The van der Waals surface area contributed by atoms with Gasteiger partial charge in [0.2, 0.25) is 3.79 Å². The molecule has 0 radical (unpaired) electrons. The molecule has 2 nitrogen and oxygen atoms in total. The van der Waals surface area contributed by atoms with Gasteiger partial charge in [-0.2, -0.15) is 0 Å². The molecule has 0 aliphatic rings. The summed E-state index contributed by atoms with van der Waals surface area (Å²) in [6, 6.07) is 0. The van der Waals surface area contributed by atoms with Crippen LogP contribution in [-0.2, 0) is 9.53 Å². The lowest BCUT2D eigenvalue weighted by Gasteiger charge is -2.26. The van der Waals surface area contributed by atoms with Crippen molar-refractivity contribution < 1.29 is 9.53 Å². The average molecular weight is 357 g/mol. The van der Waals surface area contributed by atoms with Gasteiger partial charge in [-0.3, -0.25) is 4.79 Å². The van der Waals surface area contributed by atoms with Crippen molar-refractivity contribution in [1.82, 2.24) is 0 Å². The maximum atomic E-state index is 11.4. The first-order valence-electron chi connectivity index (χ1n) is 5.22. The van der Waals surface area contributed by atoms with E-state index in [1.165, 1.54) is 6.08 Å². The SMILES string of the molecule is CCOC(=O)CC(C)(C)C=CC(Cl)(Cl)C(Cl)(Cl)Cl. The summed E-state index contributed by atoms with van der Waals surface area (Å²) in [5, 5.41) is 0. The van der Waals surface area contributed by atoms with Gasteiger partial charge in [-0.25, -0.2) is 0 Å². The maximum Gasteiger partial charge on any atom is 0.306 e. The van der Waals surface area contributed by atoms with Gasteiger partial charge in [0.25, 0.3) is 0 Å². The van der Waals surface area contributed by atoms with Crippen LogP contribution in [-0.4, -0.2) is 20.7 Å². The van der Waals surface area contributed by atoms with Gasteiger partial charge in [0.05, 0.1) is 13.0 Å². The first-order valence-corrected chi connectivity index (χ1v) is 7.11. The molecule has 106 valence electrons. The lowest BCUT2D eigenvalue weighted by atomic mass is 9.89. The highest BCUT2D eigenvalue weighted by Crippen LogP contribution is 2.47. The topological polar surface area (TPSA) is 26.3 Å². The number of hydrogen-bond acceptors (Lipinski definition) is 2. The average Bonchev–Trinajstić information content (AvgIpc) is 2.13. The van der Waals surface area contributed by atoms with Crippen molar-refractivity contribution in [1.29, 1.82) is 0 Å². The van der Waals surface area contributed by atoms with Gasteiger partial charge < -0.3 is 4.74 Å². The van der Waals surface area contributed by atoms with E-state index in [1.54, 1.807) is 13.0 Å². The highest BCUT2D eigenvalue weighted by atomic mass is 35.6. The van der Waals surface area contributed by atoms with E-state index in [1.807, 2.05) is 13.8 Å². The van der Waals surface area contributed by atoms with Crippen molar-refractivity contribution in [3.05, 3.63) is 12.2 Å². The van der Waals surface area contributed by atoms with Gasteiger partial charge in [-0.15, -0.1) is 0 Å². The Morgan fingerprint density at radius 1 is 1.11 bits per heavy atom. The molecule has 0 amide bonds. The fourth-order valence-electron chi connectivity index (χ4n) is 1.07. The summed E-state index contributed by atoms with van der Waals surface area (Å²) in [5.74, 6) is -0.309. The molecule has 0 atom stereocenters. The Morgan fingerprint density at radius 3 is 2.00 bits per heavy atom. The Balaban J connectivity index is 4.72. The minimum absolute atomic E-state index is 0.182. The number of allylic oxidation sites excluding steroid dienone is 2. The van der Waals surface area contributed by atoms with E-state index in [0.29, 0.717) is 6.61 Å². The van der Waals surface area contributed by atoms with Gasteiger partial charge in [0.1, 0.15) is 0 Å². The lowest BCUT2D eigenvalue weighted by Crippen LogP contribution is -2.29. The largest absolute Gasteiger partial charge is 0.466 e. The van der Waals surface area contributed by atoms with Gasteiger partial charge >= 0.3 is 5.97 Å². The van der Waals surface area contributed by atoms with Crippen LogP contribution < -0.4 is 0 Å². The molecule has 0 aliphatic carbocycles. The molecule has 0 saturated carbocycles. The number of hydrogen-bond donors (Lipinski definition) is 0. The summed E-state index contributed by atoms with van der Waals surface area (Å²) in [6.45, 7) is 5.72. The molecule has 18 heavy (non-hydrogen) atoms. The van der Waals surface area contributed by atoms with Crippen molar-refractivity contribution in [2.45, 2.75) is 35.3 Å². The fraction of sp³-hybridized carbons (Fsp3) is 0.727. The molecule has 0 aromatic carbocycles. The van der Waals surface area contributed by atoms with Crippen LogP contribution in [0.2, 0.25) is 0 Å². The predicted octanol–water partition coefficient (Wildman–Crippen LogP) is 5.07. The summed E-state index contributed by atoms with van der Waals surface area (Å²) in [5.41, 5.74) is -0.503. The first-order chi connectivity index (χ1) is 7.91. The third-order valence-corrected chi connectivity index (χ3v) is 4.32. The highest BCUT2D eigenvalue weighted by Gasteiger charge is 2.44. The summed E-state index contributed by atoms with van der Waals surface area (Å²) < 4.78 is 1.34. The second kappa shape index (κ2) is 6.90. The molecule has 0 rings (SSSR count). The lowest BCUT2D eigenvalue weighted by molar-refractivity contribution is -0.144. The van der Waals surface area contributed by atoms with Crippen LogP contribution in [0.25, 0.3) is 0 Å². The van der Waals surface area contributed by atoms with Crippen molar-refractivity contribution in [3.63, 3.8) is 0 Å². The first kappa shape index (κ1) is 18.7. The Kier molecular flexibility index (Phi) is 7.15. The molecule has 0 aliphatic heterocycles. The molecule has 0 heterocycles. The summed E-state index contributed by atoms with van der Waals surface area (Å²) in [7, 11) is 0. The molecule has 0 aromatic rings. The molecule has 0 fully saturated rings. The van der Waals surface area contributed by atoms with Crippen molar-refractivity contribution in [2.75, 3.05) is 6.61 Å². The zero-order valence-electron chi connectivity index (χ0n) is 10.3. The number of rotatable bonds is 5. The number of alkyl halides is 5. The predicted molar refractivity (Wildman–Crippen MR) is 78.9 cm³/mol. The second-order valence-electron chi connectivity index (χ2n) is 4.42. The summed E-state index contributed by atoms with van der Waals surface area (Å²) in [4.78, 5) is 11.4. The molecule has 0 unspecified atom stereocenters. The van der Waals surface area contributed by atoms with Crippen LogP contribution >= 0.6 is 58.0 Å². The highest BCUT2D eigenvalue weighted by molar-refractivity contribution is 6.76. The van der Waals surface area contributed by atoms with Crippen molar-refractivity contribution >= 4 is 64.0 Å². The van der Waals surface area contributed by atoms with Gasteiger partial charge in [0, 0.05) is 0 Å². The summed E-state index contributed by atoms with van der Waals surface area (Å²) in [6.07, 6.45) is 3.18. The zero-order chi connectivity index (χ0) is 14.6. The van der Waals surface area contributed by atoms with E-state index < -0.39 is 13.5 Å². The van der Waals surface area contributed by atoms with E-state index in [-0.39, 0.29) is 12.4 Å². The summed E-state index contributed by atoms with van der Waals surface area (Å²) >= 11 is 28.7.